The molecule has 14 heavy (non-hydrogen) atoms. The van der Waals surface area contributed by atoms with Gasteiger partial charge >= 0.3 is 0 Å². The van der Waals surface area contributed by atoms with Crippen LogP contribution in [-0.4, -0.2) is 34.7 Å². The number of nitrogens with zero attached hydrogens (tertiary/aromatic N) is 2. The minimum absolute atomic E-state index is 0.710. The molecule has 0 aliphatic heterocycles. The molecule has 0 aromatic carbocycles. The molecule has 1 rings (SSSR count). The van der Waals surface area contributed by atoms with Gasteiger partial charge in [0.15, 0.2) is 5.82 Å². The first kappa shape index (κ1) is 11.5. The second kappa shape index (κ2) is 6.84. The summed E-state index contributed by atoms with van der Waals surface area (Å²) in [5.41, 5.74) is 0. The molecule has 0 bridgehead atoms. The third-order valence-corrected chi connectivity index (χ3v) is 2.61. The first-order chi connectivity index (χ1) is 6.83. The molecule has 0 aliphatic carbocycles. The average Bonchev–Trinajstić information content (AvgIpc) is 2.58. The highest BCUT2D eigenvalue weighted by Crippen LogP contribution is 1.97. The molecule has 1 aromatic heterocycles. The molecule has 0 amide bonds. The summed E-state index contributed by atoms with van der Waals surface area (Å²) >= 11 is 1.94. The summed E-state index contributed by atoms with van der Waals surface area (Å²) in [5.74, 6) is 3.78. The van der Waals surface area contributed by atoms with Gasteiger partial charge in [0.05, 0.1) is 0 Å². The highest BCUT2D eigenvalue weighted by molar-refractivity contribution is 7.99. The first-order valence-corrected chi connectivity index (χ1v) is 6.06. The van der Waals surface area contributed by atoms with Crippen molar-refractivity contribution in [2.75, 3.05) is 24.6 Å². The fourth-order valence-corrected chi connectivity index (χ4v) is 1.63. The number of hydrogen-bond acceptors (Lipinski definition) is 5. The Balaban J connectivity index is 1.99. The third-order valence-electron chi connectivity index (χ3n) is 1.71. The van der Waals surface area contributed by atoms with E-state index in [1.54, 1.807) is 0 Å². The fraction of sp³-hybridized carbons (Fsp3) is 0.778. The van der Waals surface area contributed by atoms with Crippen LogP contribution >= 0.6 is 11.8 Å². The SMILES string of the molecule is CCSCCNCCc1nc(C)no1. The van der Waals surface area contributed by atoms with E-state index in [0.29, 0.717) is 5.82 Å². The van der Waals surface area contributed by atoms with Crippen molar-refractivity contribution in [2.24, 2.45) is 0 Å². The Hall–Kier alpha value is -0.550. The molecule has 0 spiro atoms. The predicted molar refractivity (Wildman–Crippen MR) is 58.6 cm³/mol. The van der Waals surface area contributed by atoms with E-state index in [1.807, 2.05) is 18.7 Å². The van der Waals surface area contributed by atoms with Gasteiger partial charge in [-0.05, 0) is 12.7 Å². The molecule has 0 atom stereocenters. The minimum Gasteiger partial charge on any atom is -0.339 e. The second-order valence-electron chi connectivity index (χ2n) is 2.93. The van der Waals surface area contributed by atoms with Crippen molar-refractivity contribution < 1.29 is 4.52 Å². The van der Waals surface area contributed by atoms with Crippen molar-refractivity contribution in [3.05, 3.63) is 11.7 Å². The van der Waals surface area contributed by atoms with Crippen LogP contribution in [0.2, 0.25) is 0 Å². The summed E-state index contributed by atoms with van der Waals surface area (Å²) in [6.45, 7) is 5.96. The molecule has 1 N–H and O–H groups in total. The molecule has 1 heterocycles. The van der Waals surface area contributed by atoms with Crippen LogP contribution in [0.15, 0.2) is 4.52 Å². The monoisotopic (exact) mass is 215 g/mol. The average molecular weight is 215 g/mol. The van der Waals surface area contributed by atoms with Gasteiger partial charge in [0.1, 0.15) is 0 Å². The van der Waals surface area contributed by atoms with Crippen molar-refractivity contribution in [3.8, 4) is 0 Å². The van der Waals surface area contributed by atoms with E-state index in [-0.39, 0.29) is 0 Å². The molecule has 0 saturated heterocycles. The first-order valence-electron chi connectivity index (χ1n) is 4.90. The van der Waals surface area contributed by atoms with E-state index in [9.17, 15) is 0 Å². The Labute approximate surface area is 88.8 Å². The molecular weight excluding hydrogens is 198 g/mol. The van der Waals surface area contributed by atoms with Crippen LogP contribution in [0.1, 0.15) is 18.6 Å². The van der Waals surface area contributed by atoms with Crippen LogP contribution in [-0.2, 0) is 6.42 Å². The van der Waals surface area contributed by atoms with E-state index in [0.717, 1.165) is 25.4 Å². The lowest BCUT2D eigenvalue weighted by molar-refractivity contribution is 0.373. The summed E-state index contributed by atoms with van der Waals surface area (Å²) in [7, 11) is 0. The van der Waals surface area contributed by atoms with E-state index in [1.165, 1.54) is 11.5 Å². The molecule has 0 radical (unpaired) electrons. The van der Waals surface area contributed by atoms with Crippen molar-refractivity contribution >= 4 is 11.8 Å². The predicted octanol–water partition coefficient (Wildman–Crippen LogP) is 1.26. The lowest BCUT2D eigenvalue weighted by atomic mass is 10.4. The summed E-state index contributed by atoms with van der Waals surface area (Å²) in [6.07, 6.45) is 0.817. The maximum atomic E-state index is 4.99. The molecule has 0 aliphatic rings. The van der Waals surface area contributed by atoms with Gasteiger partial charge in [-0.3, -0.25) is 0 Å². The standard InChI is InChI=1S/C9H17N3OS/c1-3-14-7-6-10-5-4-9-11-8(2)12-13-9/h10H,3-7H2,1-2H3. The maximum Gasteiger partial charge on any atom is 0.227 e. The van der Waals surface area contributed by atoms with Crippen LogP contribution in [0.3, 0.4) is 0 Å². The molecule has 0 unspecified atom stereocenters. The fourth-order valence-electron chi connectivity index (χ4n) is 1.05. The van der Waals surface area contributed by atoms with E-state index in [2.05, 4.69) is 22.4 Å². The lowest BCUT2D eigenvalue weighted by Crippen LogP contribution is -2.20. The summed E-state index contributed by atoms with van der Waals surface area (Å²) in [5, 5.41) is 7.06. The molecule has 4 nitrogen and oxygen atoms in total. The van der Waals surface area contributed by atoms with E-state index < -0.39 is 0 Å². The smallest absolute Gasteiger partial charge is 0.227 e. The molecule has 1 aromatic rings. The Morgan fingerprint density at radius 1 is 1.43 bits per heavy atom. The summed E-state index contributed by atoms with van der Waals surface area (Å²) in [6, 6.07) is 0. The number of nitrogens with one attached hydrogen (secondary N) is 1. The minimum atomic E-state index is 0.710. The zero-order valence-electron chi connectivity index (χ0n) is 8.75. The van der Waals surface area contributed by atoms with Crippen LogP contribution in [0.25, 0.3) is 0 Å². The van der Waals surface area contributed by atoms with Crippen molar-refractivity contribution in [1.29, 1.82) is 0 Å². The Kier molecular flexibility index (Phi) is 5.63. The number of hydrogen-bond donors (Lipinski definition) is 1. The van der Waals surface area contributed by atoms with Gasteiger partial charge in [-0.15, -0.1) is 0 Å². The Bertz CT molecular complexity index is 252. The van der Waals surface area contributed by atoms with Crippen LogP contribution in [0, 0.1) is 6.92 Å². The topological polar surface area (TPSA) is 51.0 Å². The lowest BCUT2D eigenvalue weighted by Gasteiger charge is -2.00. The summed E-state index contributed by atoms with van der Waals surface area (Å²) < 4.78 is 4.99. The zero-order valence-corrected chi connectivity index (χ0v) is 9.56. The zero-order chi connectivity index (χ0) is 10.2. The van der Waals surface area contributed by atoms with E-state index >= 15 is 0 Å². The van der Waals surface area contributed by atoms with Crippen LogP contribution < -0.4 is 5.32 Å². The van der Waals surface area contributed by atoms with Crippen molar-refractivity contribution in [3.63, 3.8) is 0 Å². The van der Waals surface area contributed by atoms with Gasteiger partial charge in [0.2, 0.25) is 5.89 Å². The highest BCUT2D eigenvalue weighted by Gasteiger charge is 2.00. The van der Waals surface area contributed by atoms with Gasteiger partial charge in [-0.1, -0.05) is 12.1 Å². The number of rotatable bonds is 7. The molecule has 0 saturated carbocycles. The van der Waals surface area contributed by atoms with Gasteiger partial charge in [0.25, 0.3) is 0 Å². The van der Waals surface area contributed by atoms with Gasteiger partial charge in [0, 0.05) is 25.3 Å². The third kappa shape index (κ3) is 4.62. The Morgan fingerprint density at radius 3 is 2.93 bits per heavy atom. The van der Waals surface area contributed by atoms with Gasteiger partial charge in [-0.25, -0.2) is 0 Å². The normalized spacial score (nSPS) is 10.7. The van der Waals surface area contributed by atoms with Gasteiger partial charge in [-0.2, -0.15) is 16.7 Å². The number of thioether (sulfide) groups is 1. The highest BCUT2D eigenvalue weighted by atomic mass is 32.2. The second-order valence-corrected chi connectivity index (χ2v) is 4.33. The number of aromatic nitrogens is 2. The Morgan fingerprint density at radius 2 is 2.29 bits per heavy atom. The largest absolute Gasteiger partial charge is 0.339 e. The number of aryl methyl sites for hydroxylation is 1. The summed E-state index contributed by atoms with van der Waals surface area (Å²) in [4.78, 5) is 4.12. The molecule has 5 heteroatoms. The van der Waals surface area contributed by atoms with Crippen LogP contribution in [0.4, 0.5) is 0 Å². The molecule has 80 valence electrons. The maximum absolute atomic E-state index is 4.99. The van der Waals surface area contributed by atoms with Gasteiger partial charge < -0.3 is 9.84 Å². The molecule has 0 fully saturated rings. The van der Waals surface area contributed by atoms with Crippen molar-refractivity contribution in [1.82, 2.24) is 15.5 Å². The van der Waals surface area contributed by atoms with Crippen molar-refractivity contribution in [2.45, 2.75) is 20.3 Å². The quantitative estimate of drug-likeness (QED) is 0.694. The van der Waals surface area contributed by atoms with Crippen LogP contribution in [0.5, 0.6) is 0 Å². The molecular formula is C9H17N3OS. The van der Waals surface area contributed by atoms with E-state index in [4.69, 9.17) is 4.52 Å².